The maximum absolute atomic E-state index is 14.2. The predicted molar refractivity (Wildman–Crippen MR) is 86.1 cm³/mol. The normalized spacial score (nSPS) is 17.2. The Kier molecular flexibility index (Phi) is 4.43. The number of hydrogen-bond donors (Lipinski definition) is 1. The quantitative estimate of drug-likeness (QED) is 0.620. The minimum Gasteiger partial charge on any atom is -0.415 e. The molecule has 0 radical (unpaired) electrons. The van der Waals surface area contributed by atoms with E-state index in [-0.39, 0.29) is 17.4 Å². The number of rotatable bonds is 5. The van der Waals surface area contributed by atoms with Gasteiger partial charge >= 0.3 is 6.43 Å². The van der Waals surface area contributed by atoms with Gasteiger partial charge in [-0.25, -0.2) is 27.5 Å². The first kappa shape index (κ1) is 19.2. The molecular formula is C17H11F6N5O. The van der Waals surface area contributed by atoms with Crippen LogP contribution in [0.4, 0.5) is 32.3 Å². The van der Waals surface area contributed by atoms with E-state index in [4.69, 9.17) is 4.42 Å². The Morgan fingerprint density at radius 3 is 2.14 bits per heavy atom. The molecule has 152 valence electrons. The lowest BCUT2D eigenvalue weighted by atomic mass is 9.68. The SMILES string of the molecule is Fc1cccc(F)c1C1(Nc2ncc(-c3nnc(C(F)F)o3)cn2)CC(F)(F)C1. The van der Waals surface area contributed by atoms with Gasteiger partial charge in [-0.05, 0) is 12.1 Å². The molecule has 1 aromatic carbocycles. The van der Waals surface area contributed by atoms with E-state index >= 15 is 0 Å². The first-order chi connectivity index (χ1) is 13.7. The summed E-state index contributed by atoms with van der Waals surface area (Å²) in [5, 5.41) is 9.18. The van der Waals surface area contributed by atoms with Crippen molar-refractivity contribution in [2.45, 2.75) is 30.7 Å². The number of hydrogen-bond acceptors (Lipinski definition) is 6. The van der Waals surface area contributed by atoms with Crippen LogP contribution in [-0.4, -0.2) is 26.1 Å². The molecule has 0 bridgehead atoms. The van der Waals surface area contributed by atoms with E-state index in [2.05, 4.69) is 25.5 Å². The third-order valence-electron chi connectivity index (χ3n) is 4.44. The van der Waals surface area contributed by atoms with Gasteiger partial charge in [-0.3, -0.25) is 0 Å². The van der Waals surface area contributed by atoms with Crippen molar-refractivity contribution in [3.8, 4) is 11.5 Å². The van der Waals surface area contributed by atoms with Crippen molar-refractivity contribution >= 4 is 5.95 Å². The number of alkyl halides is 4. The van der Waals surface area contributed by atoms with Crippen molar-refractivity contribution in [2.24, 2.45) is 0 Å². The van der Waals surface area contributed by atoms with Crippen molar-refractivity contribution in [1.82, 2.24) is 20.2 Å². The van der Waals surface area contributed by atoms with E-state index in [9.17, 15) is 26.3 Å². The molecule has 2 aromatic heterocycles. The Labute approximate surface area is 159 Å². The number of halogens is 6. The van der Waals surface area contributed by atoms with Gasteiger partial charge in [0.1, 0.15) is 11.6 Å². The first-order valence-corrected chi connectivity index (χ1v) is 8.24. The van der Waals surface area contributed by atoms with Gasteiger partial charge in [0.05, 0.1) is 11.1 Å². The monoisotopic (exact) mass is 415 g/mol. The van der Waals surface area contributed by atoms with E-state index in [1.165, 1.54) is 0 Å². The molecule has 6 nitrogen and oxygen atoms in total. The van der Waals surface area contributed by atoms with Crippen LogP contribution in [0.1, 0.15) is 30.7 Å². The van der Waals surface area contributed by atoms with Gasteiger partial charge in [0.25, 0.3) is 17.7 Å². The summed E-state index contributed by atoms with van der Waals surface area (Å²) in [6.07, 6.45) is -2.41. The zero-order chi connectivity index (χ0) is 20.8. The van der Waals surface area contributed by atoms with Crippen LogP contribution in [0.15, 0.2) is 35.0 Å². The molecule has 0 saturated heterocycles. The topological polar surface area (TPSA) is 76.7 Å². The van der Waals surface area contributed by atoms with Crippen LogP contribution < -0.4 is 5.32 Å². The summed E-state index contributed by atoms with van der Waals surface area (Å²) in [6, 6.07) is 3.07. The Hall–Kier alpha value is -3.18. The number of anilines is 1. The molecule has 1 aliphatic carbocycles. The van der Waals surface area contributed by atoms with Crippen LogP contribution >= 0.6 is 0 Å². The molecule has 0 spiro atoms. The van der Waals surface area contributed by atoms with Crippen LogP contribution in [0.5, 0.6) is 0 Å². The van der Waals surface area contributed by atoms with Crippen molar-refractivity contribution in [2.75, 3.05) is 5.32 Å². The summed E-state index contributed by atoms with van der Waals surface area (Å²) in [4.78, 5) is 7.76. The average molecular weight is 415 g/mol. The third kappa shape index (κ3) is 3.49. The maximum atomic E-state index is 14.2. The van der Waals surface area contributed by atoms with Crippen molar-refractivity contribution in [1.29, 1.82) is 0 Å². The molecule has 1 aliphatic rings. The lowest BCUT2D eigenvalue weighted by Gasteiger charge is -2.48. The highest BCUT2D eigenvalue weighted by Crippen LogP contribution is 2.54. The largest absolute Gasteiger partial charge is 0.415 e. The second kappa shape index (κ2) is 6.71. The molecule has 3 aromatic rings. The van der Waals surface area contributed by atoms with E-state index < -0.39 is 53.8 Å². The lowest BCUT2D eigenvalue weighted by Crippen LogP contribution is -2.55. The molecule has 12 heteroatoms. The molecule has 4 rings (SSSR count). The van der Waals surface area contributed by atoms with Gasteiger partial charge in [0, 0.05) is 30.8 Å². The fraction of sp³-hybridized carbons (Fsp3) is 0.294. The first-order valence-electron chi connectivity index (χ1n) is 8.24. The fourth-order valence-electron chi connectivity index (χ4n) is 3.27. The summed E-state index contributed by atoms with van der Waals surface area (Å²) >= 11 is 0. The highest BCUT2D eigenvalue weighted by atomic mass is 19.3. The molecular weight excluding hydrogens is 404 g/mol. The Balaban J connectivity index is 1.62. The second-order valence-electron chi connectivity index (χ2n) is 6.55. The van der Waals surface area contributed by atoms with Gasteiger partial charge in [-0.1, -0.05) is 6.07 Å². The minimum atomic E-state index is -3.11. The molecule has 0 aliphatic heterocycles. The Morgan fingerprint density at radius 1 is 1.00 bits per heavy atom. The fourth-order valence-corrected chi connectivity index (χ4v) is 3.27. The van der Waals surface area contributed by atoms with Crippen LogP contribution in [0, 0.1) is 11.6 Å². The predicted octanol–water partition coefficient (Wildman–Crippen LogP) is 4.48. The molecule has 29 heavy (non-hydrogen) atoms. The molecule has 0 unspecified atom stereocenters. The summed E-state index contributed by atoms with van der Waals surface area (Å²) < 4.78 is 85.5. The van der Waals surface area contributed by atoms with Crippen LogP contribution in [0.2, 0.25) is 0 Å². The highest BCUT2D eigenvalue weighted by molar-refractivity contribution is 5.51. The molecule has 2 heterocycles. The standard InChI is InChI=1S/C17H11F6N5O/c18-9-2-1-3-10(19)11(9)16(6-17(22,23)7-16)26-15-24-4-8(5-25-15)13-27-28-14(29-13)12(20)21/h1-5,12H,6-7H2,(H,24,25,26). The van der Waals surface area contributed by atoms with Crippen LogP contribution in [-0.2, 0) is 5.54 Å². The van der Waals surface area contributed by atoms with Crippen molar-refractivity contribution in [3.05, 3.63) is 53.7 Å². The Bertz CT molecular complexity index is 1010. The summed E-state index contributed by atoms with van der Waals surface area (Å²) in [5.74, 6) is -6.41. The van der Waals surface area contributed by atoms with Gasteiger partial charge < -0.3 is 9.73 Å². The number of nitrogens with one attached hydrogen (secondary N) is 1. The Morgan fingerprint density at radius 2 is 1.62 bits per heavy atom. The molecule has 1 N–H and O–H groups in total. The van der Waals surface area contributed by atoms with E-state index in [0.717, 1.165) is 30.6 Å². The minimum absolute atomic E-state index is 0.0972. The van der Waals surface area contributed by atoms with Crippen molar-refractivity contribution < 1.29 is 30.8 Å². The van der Waals surface area contributed by atoms with Crippen molar-refractivity contribution in [3.63, 3.8) is 0 Å². The van der Waals surface area contributed by atoms with E-state index in [1.807, 2.05) is 0 Å². The highest BCUT2D eigenvalue weighted by Gasteiger charge is 2.59. The van der Waals surface area contributed by atoms with Crippen LogP contribution in [0.25, 0.3) is 11.5 Å². The van der Waals surface area contributed by atoms with Gasteiger partial charge in [-0.15, -0.1) is 10.2 Å². The molecule has 1 fully saturated rings. The van der Waals surface area contributed by atoms with Gasteiger partial charge in [0.15, 0.2) is 0 Å². The maximum Gasteiger partial charge on any atom is 0.314 e. The summed E-state index contributed by atoms with van der Waals surface area (Å²) in [6.45, 7) is 0. The summed E-state index contributed by atoms with van der Waals surface area (Å²) in [7, 11) is 0. The lowest BCUT2D eigenvalue weighted by molar-refractivity contribution is -0.119. The third-order valence-corrected chi connectivity index (χ3v) is 4.44. The van der Waals surface area contributed by atoms with E-state index in [0.29, 0.717) is 0 Å². The zero-order valence-electron chi connectivity index (χ0n) is 14.3. The number of nitrogens with zero attached hydrogens (tertiary/aromatic N) is 4. The second-order valence-corrected chi connectivity index (χ2v) is 6.55. The zero-order valence-corrected chi connectivity index (χ0v) is 14.3. The number of aromatic nitrogens is 4. The van der Waals surface area contributed by atoms with Gasteiger partial charge in [-0.2, -0.15) is 8.78 Å². The number of benzene rings is 1. The molecule has 0 atom stereocenters. The average Bonchev–Trinajstić information content (AvgIpc) is 3.11. The van der Waals surface area contributed by atoms with Gasteiger partial charge in [0.2, 0.25) is 5.95 Å². The van der Waals surface area contributed by atoms with Crippen LogP contribution in [0.3, 0.4) is 0 Å². The van der Waals surface area contributed by atoms with E-state index in [1.54, 1.807) is 0 Å². The smallest absolute Gasteiger partial charge is 0.314 e. The molecule has 0 amide bonds. The summed E-state index contributed by atoms with van der Waals surface area (Å²) in [5.41, 5.74) is -2.18. The molecule has 1 saturated carbocycles.